The van der Waals surface area contributed by atoms with Crippen LogP contribution >= 0.6 is 11.6 Å². The van der Waals surface area contributed by atoms with Crippen LogP contribution < -0.4 is 10.5 Å². The maximum Gasteiger partial charge on any atom is 0.516 e. The summed E-state index contributed by atoms with van der Waals surface area (Å²) in [5, 5.41) is 13.7. The highest BCUT2D eigenvalue weighted by atomic mass is 35.5. The second-order valence-corrected chi connectivity index (χ2v) is 11.9. The minimum atomic E-state index is -5.82. The number of rotatable bonds is 6. The summed E-state index contributed by atoms with van der Waals surface area (Å²) in [4.78, 5) is 4.53. The first-order valence-corrected chi connectivity index (χ1v) is 13.9. The predicted octanol–water partition coefficient (Wildman–Crippen LogP) is 5.19. The molecular formula is C27H23ClF5N5O3S. The standard InChI is InChI=1S/C27H23ClF5N5O3S/c1-26(2,39)9-8-17-4-5-18(23(35-17)21(34)12-14-10-15(29)13-16(30)11-14)19-6-7-20(28)22-24(19)38(3)36-25(22)37-42(40,41)27(31,32)33/h4-7,10-11,13,21,39H,12,34H2,1-3H3,(H,36,37). The molecule has 2 aromatic heterocycles. The number of nitrogens with zero attached hydrogens (tertiary/aromatic N) is 3. The third kappa shape index (κ3) is 6.65. The molecule has 0 bridgehead atoms. The molecule has 8 nitrogen and oxygen atoms in total. The van der Waals surface area contributed by atoms with Gasteiger partial charge in [-0.25, -0.2) is 13.8 Å². The third-order valence-electron chi connectivity index (χ3n) is 5.91. The van der Waals surface area contributed by atoms with Gasteiger partial charge in [0.1, 0.15) is 22.9 Å². The van der Waals surface area contributed by atoms with Crippen molar-refractivity contribution in [1.29, 1.82) is 0 Å². The molecule has 0 aliphatic carbocycles. The van der Waals surface area contributed by atoms with Gasteiger partial charge in [-0.2, -0.15) is 26.7 Å². The number of aryl methyl sites for hydroxylation is 1. The lowest BCUT2D eigenvalue weighted by Crippen LogP contribution is -2.30. The van der Waals surface area contributed by atoms with Crippen molar-refractivity contribution in [3.05, 3.63) is 76.1 Å². The molecule has 0 amide bonds. The topological polar surface area (TPSA) is 123 Å². The molecule has 2 aromatic carbocycles. The Bertz CT molecular complexity index is 1840. The Balaban J connectivity index is 1.92. The zero-order valence-electron chi connectivity index (χ0n) is 22.2. The first-order chi connectivity index (χ1) is 19.4. The van der Waals surface area contributed by atoms with Gasteiger partial charge in [-0.3, -0.25) is 9.40 Å². The van der Waals surface area contributed by atoms with E-state index in [1.54, 1.807) is 6.07 Å². The summed E-state index contributed by atoms with van der Waals surface area (Å²) in [7, 11) is -4.45. The number of hydrogen-bond donors (Lipinski definition) is 3. The lowest BCUT2D eigenvalue weighted by atomic mass is 9.94. The van der Waals surface area contributed by atoms with Crippen molar-refractivity contribution in [3.8, 4) is 23.0 Å². The molecule has 4 aromatic rings. The Hall–Kier alpha value is -3.77. The molecule has 0 fully saturated rings. The molecule has 2 heterocycles. The molecule has 1 unspecified atom stereocenters. The molecule has 15 heteroatoms. The molecule has 0 saturated carbocycles. The van der Waals surface area contributed by atoms with Gasteiger partial charge in [-0.1, -0.05) is 23.6 Å². The second kappa shape index (κ2) is 11.1. The molecule has 0 aliphatic heterocycles. The minimum absolute atomic E-state index is 0.0736. The maximum atomic E-state index is 13.9. The molecule has 0 aliphatic rings. The molecule has 222 valence electrons. The van der Waals surface area contributed by atoms with E-state index in [1.807, 2.05) is 0 Å². The Morgan fingerprint density at radius 1 is 1.10 bits per heavy atom. The molecular weight excluding hydrogens is 605 g/mol. The van der Waals surface area contributed by atoms with Crippen LogP contribution in [0.5, 0.6) is 0 Å². The zero-order chi connectivity index (χ0) is 31.2. The highest BCUT2D eigenvalue weighted by molar-refractivity contribution is 7.93. The van der Waals surface area contributed by atoms with Gasteiger partial charge in [0, 0.05) is 24.2 Å². The van der Waals surface area contributed by atoms with Crippen LogP contribution in [-0.4, -0.2) is 39.4 Å². The van der Waals surface area contributed by atoms with Crippen LogP contribution in [0.25, 0.3) is 22.0 Å². The van der Waals surface area contributed by atoms with Gasteiger partial charge in [0.25, 0.3) is 0 Å². The SMILES string of the molecule is Cn1nc(NS(=O)(=O)C(F)(F)F)c2c(Cl)ccc(-c3ccc(C#CC(C)(C)O)nc3C(N)Cc3cc(F)cc(F)c3)c21. The average molecular weight is 628 g/mol. The number of nitrogens with one attached hydrogen (secondary N) is 1. The van der Waals surface area contributed by atoms with Gasteiger partial charge in [0.15, 0.2) is 5.82 Å². The van der Waals surface area contributed by atoms with Crippen molar-refractivity contribution in [2.75, 3.05) is 4.72 Å². The highest BCUT2D eigenvalue weighted by Crippen LogP contribution is 2.40. The van der Waals surface area contributed by atoms with Gasteiger partial charge in [0.2, 0.25) is 0 Å². The number of aliphatic hydroxyl groups is 1. The number of hydrogen-bond acceptors (Lipinski definition) is 6. The fourth-order valence-electron chi connectivity index (χ4n) is 4.20. The molecule has 4 rings (SSSR count). The number of fused-ring (bicyclic) bond motifs is 1. The summed E-state index contributed by atoms with van der Waals surface area (Å²) in [6, 6.07) is 7.89. The number of halogens is 6. The van der Waals surface area contributed by atoms with Crippen molar-refractivity contribution < 1.29 is 35.5 Å². The van der Waals surface area contributed by atoms with Gasteiger partial charge < -0.3 is 10.8 Å². The number of alkyl halides is 3. The Morgan fingerprint density at radius 2 is 1.71 bits per heavy atom. The van der Waals surface area contributed by atoms with E-state index in [2.05, 4.69) is 21.9 Å². The first-order valence-electron chi connectivity index (χ1n) is 12.1. The Morgan fingerprint density at radius 3 is 2.31 bits per heavy atom. The molecule has 0 spiro atoms. The smallest absolute Gasteiger partial charge is 0.378 e. The van der Waals surface area contributed by atoms with E-state index < -0.39 is 44.6 Å². The summed E-state index contributed by atoms with van der Waals surface area (Å²) >= 11 is 6.30. The predicted molar refractivity (Wildman–Crippen MR) is 148 cm³/mol. The van der Waals surface area contributed by atoms with Gasteiger partial charge in [-0.05, 0) is 62.1 Å². The van der Waals surface area contributed by atoms with Crippen molar-refractivity contribution in [3.63, 3.8) is 0 Å². The zero-order valence-corrected chi connectivity index (χ0v) is 23.8. The summed E-state index contributed by atoms with van der Waals surface area (Å²) in [5.41, 5.74) is 0.940. The highest BCUT2D eigenvalue weighted by Gasteiger charge is 2.46. The Kier molecular flexibility index (Phi) is 8.27. The monoisotopic (exact) mass is 627 g/mol. The summed E-state index contributed by atoms with van der Waals surface area (Å²) in [6.45, 7) is 2.94. The quantitative estimate of drug-likeness (QED) is 0.200. The van der Waals surface area contributed by atoms with E-state index in [4.69, 9.17) is 17.3 Å². The van der Waals surface area contributed by atoms with Crippen LogP contribution in [-0.2, 0) is 23.5 Å². The van der Waals surface area contributed by atoms with E-state index in [-0.39, 0.29) is 39.3 Å². The van der Waals surface area contributed by atoms with Crippen LogP contribution in [0.2, 0.25) is 5.02 Å². The molecule has 0 saturated heterocycles. The van der Waals surface area contributed by atoms with Crippen molar-refractivity contribution in [2.45, 2.75) is 37.4 Å². The van der Waals surface area contributed by atoms with Crippen molar-refractivity contribution in [1.82, 2.24) is 14.8 Å². The average Bonchev–Trinajstić information content (AvgIpc) is 3.17. The lowest BCUT2D eigenvalue weighted by Gasteiger charge is -2.18. The van der Waals surface area contributed by atoms with E-state index in [1.165, 1.54) is 43.8 Å². The van der Waals surface area contributed by atoms with Gasteiger partial charge in [0.05, 0.1) is 27.7 Å². The number of pyridine rings is 1. The maximum absolute atomic E-state index is 13.9. The summed E-state index contributed by atoms with van der Waals surface area (Å²) in [5.74, 6) is 3.09. The normalized spacial score (nSPS) is 13.1. The number of anilines is 1. The molecule has 4 N–H and O–H groups in total. The second-order valence-electron chi connectivity index (χ2n) is 9.87. The summed E-state index contributed by atoms with van der Waals surface area (Å²) in [6.07, 6.45) is -0.0736. The summed E-state index contributed by atoms with van der Waals surface area (Å²) < 4.78 is 93.3. The fourth-order valence-corrected chi connectivity index (χ4v) is 4.96. The van der Waals surface area contributed by atoms with E-state index in [0.717, 1.165) is 16.8 Å². The van der Waals surface area contributed by atoms with E-state index in [9.17, 15) is 35.5 Å². The van der Waals surface area contributed by atoms with Crippen molar-refractivity contribution >= 4 is 38.3 Å². The van der Waals surface area contributed by atoms with Crippen LogP contribution in [0.3, 0.4) is 0 Å². The van der Waals surface area contributed by atoms with Crippen molar-refractivity contribution in [2.24, 2.45) is 12.8 Å². The van der Waals surface area contributed by atoms with Crippen LogP contribution in [0, 0.1) is 23.5 Å². The minimum Gasteiger partial charge on any atom is -0.378 e. The van der Waals surface area contributed by atoms with Crippen LogP contribution in [0.15, 0.2) is 42.5 Å². The molecule has 42 heavy (non-hydrogen) atoms. The van der Waals surface area contributed by atoms with E-state index >= 15 is 0 Å². The largest absolute Gasteiger partial charge is 0.516 e. The number of sulfonamides is 1. The molecule has 1 atom stereocenters. The third-order valence-corrected chi connectivity index (χ3v) is 7.30. The van der Waals surface area contributed by atoms with Gasteiger partial charge in [-0.15, -0.1) is 0 Å². The van der Waals surface area contributed by atoms with E-state index in [0.29, 0.717) is 17.2 Å². The first kappa shape index (κ1) is 31.2. The molecule has 0 radical (unpaired) electrons. The fraction of sp³-hybridized carbons (Fsp3) is 0.259. The Labute approximate surface area is 242 Å². The lowest BCUT2D eigenvalue weighted by molar-refractivity contribution is -0.0429. The van der Waals surface area contributed by atoms with Gasteiger partial charge >= 0.3 is 15.5 Å². The van der Waals surface area contributed by atoms with Crippen LogP contribution in [0.4, 0.5) is 27.8 Å². The number of benzene rings is 2. The number of aromatic nitrogens is 3. The number of nitrogens with two attached hydrogens (primary N) is 1. The van der Waals surface area contributed by atoms with Crippen LogP contribution in [0.1, 0.15) is 36.8 Å².